The largest absolute Gasteiger partial charge is 0.455 e. The van der Waals surface area contributed by atoms with Gasteiger partial charge in [-0.05, 0) is 24.3 Å². The summed E-state index contributed by atoms with van der Waals surface area (Å²) in [6, 6.07) is 8.67. The van der Waals surface area contributed by atoms with Gasteiger partial charge < -0.3 is 4.74 Å². The summed E-state index contributed by atoms with van der Waals surface area (Å²) in [5, 5.41) is 0. The molecule has 0 bridgehead atoms. The highest BCUT2D eigenvalue weighted by Gasteiger charge is 2.18. The zero-order chi connectivity index (χ0) is 11.1. The molecule has 1 heterocycles. The summed E-state index contributed by atoms with van der Waals surface area (Å²) in [6.45, 7) is 0. The molecule has 0 radical (unpaired) electrons. The highest BCUT2D eigenvalue weighted by atomic mass is 32.2. The second kappa shape index (κ2) is 3.49. The van der Waals surface area contributed by atoms with Crippen molar-refractivity contribution >= 4 is 11.8 Å². The van der Waals surface area contributed by atoms with Crippen LogP contribution in [-0.4, -0.2) is 0 Å². The third kappa shape index (κ3) is 1.55. The summed E-state index contributed by atoms with van der Waals surface area (Å²) in [5.74, 6) is 0.143. The van der Waals surface area contributed by atoms with E-state index in [0.29, 0.717) is 11.5 Å². The lowest BCUT2D eigenvalue weighted by molar-refractivity contribution is 0.444. The van der Waals surface area contributed by atoms with Crippen molar-refractivity contribution in [2.45, 2.75) is 9.79 Å². The van der Waals surface area contributed by atoms with Gasteiger partial charge in [0, 0.05) is 12.1 Å². The van der Waals surface area contributed by atoms with Crippen molar-refractivity contribution in [1.82, 2.24) is 0 Å². The first kappa shape index (κ1) is 9.66. The molecule has 2 aromatic rings. The van der Waals surface area contributed by atoms with Gasteiger partial charge in [-0.1, -0.05) is 11.8 Å². The lowest BCUT2D eigenvalue weighted by atomic mass is 10.3. The van der Waals surface area contributed by atoms with Crippen LogP contribution in [-0.2, 0) is 0 Å². The standard InChI is InChI=1S/C12H6F2OS/c13-7-1-3-11-9(5-7)15-10-6-8(14)2-4-12(10)16-11/h1-6H. The number of hydrogen-bond donors (Lipinski definition) is 0. The zero-order valence-corrected chi connectivity index (χ0v) is 8.85. The number of rotatable bonds is 0. The summed E-state index contributed by atoms with van der Waals surface area (Å²) in [6.07, 6.45) is 0. The van der Waals surface area contributed by atoms with Crippen LogP contribution in [0.4, 0.5) is 8.78 Å². The molecule has 1 aliphatic heterocycles. The Balaban J connectivity index is 2.10. The minimum atomic E-state index is -0.362. The van der Waals surface area contributed by atoms with E-state index in [1.807, 2.05) is 0 Å². The average molecular weight is 236 g/mol. The summed E-state index contributed by atoms with van der Waals surface area (Å²) >= 11 is 1.44. The van der Waals surface area contributed by atoms with Gasteiger partial charge in [-0.2, -0.15) is 0 Å². The third-order valence-corrected chi connectivity index (χ3v) is 3.37. The van der Waals surface area contributed by atoms with Gasteiger partial charge in [0.2, 0.25) is 0 Å². The first-order valence-electron chi connectivity index (χ1n) is 4.67. The van der Waals surface area contributed by atoms with Crippen molar-refractivity contribution in [3.63, 3.8) is 0 Å². The summed E-state index contributed by atoms with van der Waals surface area (Å²) in [5.41, 5.74) is 0. The van der Waals surface area contributed by atoms with Gasteiger partial charge in [0.1, 0.15) is 23.1 Å². The summed E-state index contributed by atoms with van der Waals surface area (Å²) in [7, 11) is 0. The van der Waals surface area contributed by atoms with E-state index < -0.39 is 0 Å². The van der Waals surface area contributed by atoms with Crippen LogP contribution in [0.25, 0.3) is 0 Å². The Morgan fingerprint density at radius 1 is 0.812 bits per heavy atom. The molecule has 1 aliphatic rings. The summed E-state index contributed by atoms with van der Waals surface area (Å²) < 4.78 is 31.4. The molecule has 80 valence electrons. The summed E-state index contributed by atoms with van der Waals surface area (Å²) in [4.78, 5) is 1.67. The average Bonchev–Trinajstić information content (AvgIpc) is 2.26. The van der Waals surface area contributed by atoms with Crippen molar-refractivity contribution < 1.29 is 13.5 Å². The quantitative estimate of drug-likeness (QED) is 0.578. The molecular formula is C12H6F2OS. The molecule has 3 rings (SSSR count). The fraction of sp³-hybridized carbons (Fsp3) is 0. The fourth-order valence-corrected chi connectivity index (χ4v) is 2.44. The van der Waals surface area contributed by atoms with Crippen LogP contribution in [0, 0.1) is 11.6 Å². The SMILES string of the molecule is Fc1ccc2c(c1)Oc1cc(F)ccc1S2. The van der Waals surface area contributed by atoms with E-state index in [-0.39, 0.29) is 11.6 Å². The maximum Gasteiger partial charge on any atom is 0.144 e. The van der Waals surface area contributed by atoms with Crippen molar-refractivity contribution in [2.24, 2.45) is 0 Å². The molecule has 0 unspecified atom stereocenters. The predicted octanol–water partition coefficient (Wildman–Crippen LogP) is 4.22. The predicted molar refractivity (Wildman–Crippen MR) is 57.0 cm³/mol. The van der Waals surface area contributed by atoms with Crippen LogP contribution in [0.15, 0.2) is 46.2 Å². The van der Waals surface area contributed by atoms with Gasteiger partial charge in [0.25, 0.3) is 0 Å². The minimum absolute atomic E-state index is 0.362. The molecule has 1 nitrogen and oxygen atoms in total. The Labute approximate surface area is 95.1 Å². The van der Waals surface area contributed by atoms with Gasteiger partial charge in [-0.25, -0.2) is 8.78 Å². The Bertz CT molecular complexity index is 519. The van der Waals surface area contributed by atoms with Gasteiger partial charge >= 0.3 is 0 Å². The van der Waals surface area contributed by atoms with E-state index in [1.54, 1.807) is 12.1 Å². The molecule has 0 aliphatic carbocycles. The molecule has 0 N–H and O–H groups in total. The monoisotopic (exact) mass is 236 g/mol. The van der Waals surface area contributed by atoms with Crippen LogP contribution >= 0.6 is 11.8 Å². The topological polar surface area (TPSA) is 9.23 Å². The number of ether oxygens (including phenoxy) is 1. The molecular weight excluding hydrogens is 230 g/mol. The minimum Gasteiger partial charge on any atom is -0.455 e. The molecule has 0 atom stereocenters. The number of hydrogen-bond acceptors (Lipinski definition) is 2. The van der Waals surface area contributed by atoms with E-state index in [4.69, 9.17) is 4.74 Å². The molecule has 0 saturated heterocycles. The molecule has 0 fully saturated rings. The lowest BCUT2D eigenvalue weighted by Gasteiger charge is -2.19. The second-order valence-corrected chi connectivity index (χ2v) is 4.47. The first-order valence-corrected chi connectivity index (χ1v) is 5.49. The smallest absolute Gasteiger partial charge is 0.144 e. The Kier molecular flexibility index (Phi) is 2.11. The molecule has 0 saturated carbocycles. The highest BCUT2D eigenvalue weighted by Crippen LogP contribution is 2.47. The maximum absolute atomic E-state index is 13.0. The van der Waals surface area contributed by atoms with Crippen LogP contribution in [0.2, 0.25) is 0 Å². The van der Waals surface area contributed by atoms with Gasteiger partial charge in [0.15, 0.2) is 0 Å². The number of halogens is 2. The van der Waals surface area contributed by atoms with E-state index >= 15 is 0 Å². The van der Waals surface area contributed by atoms with Crippen molar-refractivity contribution in [2.75, 3.05) is 0 Å². The van der Waals surface area contributed by atoms with E-state index in [9.17, 15) is 8.78 Å². The third-order valence-electron chi connectivity index (χ3n) is 2.25. The van der Waals surface area contributed by atoms with Crippen molar-refractivity contribution in [3.8, 4) is 11.5 Å². The number of benzene rings is 2. The second-order valence-electron chi connectivity index (χ2n) is 3.39. The van der Waals surface area contributed by atoms with Crippen LogP contribution in [0.1, 0.15) is 0 Å². The number of fused-ring (bicyclic) bond motifs is 2. The fourth-order valence-electron chi connectivity index (χ4n) is 1.53. The van der Waals surface area contributed by atoms with Gasteiger partial charge in [-0.3, -0.25) is 0 Å². The Hall–Kier alpha value is -1.55. The normalized spacial score (nSPS) is 12.6. The van der Waals surface area contributed by atoms with E-state index in [2.05, 4.69) is 0 Å². The van der Waals surface area contributed by atoms with Crippen LogP contribution in [0.3, 0.4) is 0 Å². The molecule has 0 aromatic heterocycles. The van der Waals surface area contributed by atoms with E-state index in [1.165, 1.54) is 36.0 Å². The van der Waals surface area contributed by atoms with Gasteiger partial charge in [0.05, 0.1) is 9.79 Å². The Morgan fingerprint density at radius 2 is 1.31 bits per heavy atom. The lowest BCUT2D eigenvalue weighted by Crippen LogP contribution is -1.96. The maximum atomic E-state index is 13.0. The molecule has 16 heavy (non-hydrogen) atoms. The van der Waals surface area contributed by atoms with Crippen molar-refractivity contribution in [1.29, 1.82) is 0 Å². The molecule has 2 aromatic carbocycles. The van der Waals surface area contributed by atoms with Crippen LogP contribution in [0.5, 0.6) is 11.5 Å². The van der Waals surface area contributed by atoms with E-state index in [0.717, 1.165) is 9.79 Å². The van der Waals surface area contributed by atoms with Gasteiger partial charge in [-0.15, -0.1) is 0 Å². The molecule has 0 amide bonds. The highest BCUT2D eigenvalue weighted by molar-refractivity contribution is 7.99. The molecule has 4 heteroatoms. The molecule has 0 spiro atoms. The van der Waals surface area contributed by atoms with Crippen LogP contribution < -0.4 is 4.74 Å². The van der Waals surface area contributed by atoms with Crippen molar-refractivity contribution in [3.05, 3.63) is 48.0 Å². The Morgan fingerprint density at radius 3 is 1.81 bits per heavy atom. The first-order chi connectivity index (χ1) is 7.72. The zero-order valence-electron chi connectivity index (χ0n) is 8.04.